The number of halogens is 3. The maximum atomic E-state index is 13.2. The Morgan fingerprint density at radius 3 is 2.82 bits per heavy atom. The van der Waals surface area contributed by atoms with Crippen LogP contribution in [0.5, 0.6) is 5.75 Å². The normalized spacial score (nSPS) is 23.6. The molecule has 45 heavy (non-hydrogen) atoms. The number of allylic oxidation sites excluding steroid dienone is 1. The van der Waals surface area contributed by atoms with E-state index in [4.69, 9.17) is 15.5 Å². The molecule has 6 rings (SSSR count). The first-order chi connectivity index (χ1) is 21.4. The summed E-state index contributed by atoms with van der Waals surface area (Å²) < 4.78 is 47.6. The number of anilines is 1. The molecule has 3 N–H and O–H groups in total. The zero-order valence-electron chi connectivity index (χ0n) is 25.3. The number of hydrogen-bond donors (Lipinski definition) is 2. The van der Waals surface area contributed by atoms with E-state index in [1.807, 2.05) is 16.3 Å². The first kappa shape index (κ1) is 30.4. The maximum Gasteiger partial charge on any atom is 0.395 e. The van der Waals surface area contributed by atoms with Crippen molar-refractivity contribution in [2.75, 3.05) is 32.5 Å². The summed E-state index contributed by atoms with van der Waals surface area (Å²) in [5.74, 6) is -1.08. The van der Waals surface area contributed by atoms with Gasteiger partial charge in [-0.15, -0.1) is 0 Å². The second-order valence-corrected chi connectivity index (χ2v) is 12.1. The summed E-state index contributed by atoms with van der Waals surface area (Å²) >= 11 is 0. The Kier molecular flexibility index (Phi) is 7.69. The van der Waals surface area contributed by atoms with Crippen molar-refractivity contribution in [2.24, 2.45) is 10.9 Å². The lowest BCUT2D eigenvalue weighted by Crippen LogP contribution is -2.59. The predicted molar refractivity (Wildman–Crippen MR) is 162 cm³/mol. The number of carbonyl (C=O) groups excluding carboxylic acids is 2. The molecule has 238 valence electrons. The third-order valence-corrected chi connectivity index (χ3v) is 8.92. The number of amides is 3. The van der Waals surface area contributed by atoms with Crippen LogP contribution in [0, 0.1) is 5.92 Å². The Hall–Kier alpha value is -4.62. The van der Waals surface area contributed by atoms with Crippen molar-refractivity contribution in [3.05, 3.63) is 54.3 Å². The number of nitrogens with one attached hydrogen (secondary N) is 1. The summed E-state index contributed by atoms with van der Waals surface area (Å²) in [5, 5.41) is 2.50. The number of amidine groups is 1. The number of nitrogens with zero attached hydrogens (tertiary/aromatic N) is 6. The summed E-state index contributed by atoms with van der Waals surface area (Å²) in [6.45, 7) is 5.41. The van der Waals surface area contributed by atoms with Crippen LogP contribution in [0.1, 0.15) is 55.7 Å². The number of urea groups is 1. The first-order valence-corrected chi connectivity index (χ1v) is 14.9. The number of aliphatic imine (C=N–C) groups is 1. The summed E-state index contributed by atoms with van der Waals surface area (Å²) in [4.78, 5) is 43.3. The van der Waals surface area contributed by atoms with Crippen molar-refractivity contribution in [3.8, 4) is 17.0 Å². The molecule has 14 heteroatoms. The standard InChI is InChI=1S/C31H35F3N8O3/c1-4-45-22-15-18(27(43)38-23-16-19(8-11-36-23)31(32,33)34)5-6-21(22)24-25-26(35)37-12-14-41(25)28(39-24)30(2)10-7-20-9-13-40(3)29(44)42(20)17-30/h5-6,8,11-12,14-15,19-20H,4,7,9-10,13,16-17H2,1-3H3,(H2,35,37)(H,36,38,43). The summed E-state index contributed by atoms with van der Waals surface area (Å²) in [7, 11) is 1.82. The topological polar surface area (TPSA) is 130 Å². The molecule has 3 atom stereocenters. The first-order valence-electron chi connectivity index (χ1n) is 14.9. The molecular weight excluding hydrogens is 589 g/mol. The van der Waals surface area contributed by atoms with E-state index in [0.29, 0.717) is 29.1 Å². The maximum absolute atomic E-state index is 13.2. The third-order valence-electron chi connectivity index (χ3n) is 8.92. The fourth-order valence-corrected chi connectivity index (χ4v) is 6.48. The van der Waals surface area contributed by atoms with Gasteiger partial charge in [-0.05, 0) is 44.4 Å². The second kappa shape index (κ2) is 11.4. The number of carbonyl (C=O) groups is 2. The van der Waals surface area contributed by atoms with Crippen molar-refractivity contribution in [1.82, 2.24) is 29.5 Å². The number of fused-ring (bicyclic) bond motifs is 2. The van der Waals surface area contributed by atoms with E-state index >= 15 is 0 Å². The van der Waals surface area contributed by atoms with Gasteiger partial charge in [0.2, 0.25) is 0 Å². The van der Waals surface area contributed by atoms with Crippen molar-refractivity contribution < 1.29 is 27.5 Å². The lowest BCUT2D eigenvalue weighted by molar-refractivity contribution is -0.159. The van der Waals surface area contributed by atoms with E-state index in [-0.39, 0.29) is 35.9 Å². The molecule has 11 nitrogen and oxygen atoms in total. The number of rotatable bonds is 5. The SMILES string of the molecule is CCOc1cc(C(=O)NC2=NC=CC(C(F)(F)F)C2)ccc1-c1nc(C2(C)CCC3CCN(C)C(=O)N3C2)n2ccnc(N)c12. The van der Waals surface area contributed by atoms with Gasteiger partial charge in [-0.25, -0.2) is 19.8 Å². The second-order valence-electron chi connectivity index (χ2n) is 12.1. The summed E-state index contributed by atoms with van der Waals surface area (Å²) in [5.41, 5.74) is 7.75. The van der Waals surface area contributed by atoms with E-state index in [1.54, 1.807) is 36.4 Å². The summed E-state index contributed by atoms with van der Waals surface area (Å²) in [6, 6.07) is 4.97. The van der Waals surface area contributed by atoms with Gasteiger partial charge in [0.1, 0.15) is 34.4 Å². The van der Waals surface area contributed by atoms with E-state index < -0.39 is 29.8 Å². The molecule has 2 saturated heterocycles. The van der Waals surface area contributed by atoms with Crippen LogP contribution in [0.4, 0.5) is 23.8 Å². The minimum atomic E-state index is -4.44. The zero-order valence-corrected chi connectivity index (χ0v) is 25.3. The molecule has 3 aromatic rings. The highest BCUT2D eigenvalue weighted by Crippen LogP contribution is 2.42. The van der Waals surface area contributed by atoms with Crippen molar-refractivity contribution in [1.29, 1.82) is 0 Å². The number of alkyl halides is 3. The van der Waals surface area contributed by atoms with Crippen LogP contribution in [0.3, 0.4) is 0 Å². The number of nitrogen functional groups attached to an aromatic ring is 1. The third kappa shape index (κ3) is 5.57. The molecule has 0 spiro atoms. The molecule has 0 bridgehead atoms. The van der Waals surface area contributed by atoms with E-state index in [9.17, 15) is 22.8 Å². The van der Waals surface area contributed by atoms with Crippen LogP contribution in [0.15, 0.2) is 47.9 Å². The quantitative estimate of drug-likeness (QED) is 0.420. The van der Waals surface area contributed by atoms with Crippen LogP contribution in [0.2, 0.25) is 0 Å². The monoisotopic (exact) mass is 624 g/mol. The lowest BCUT2D eigenvalue weighted by atomic mass is 9.77. The molecular formula is C31H35F3N8O3. The highest BCUT2D eigenvalue weighted by Gasteiger charge is 2.45. The highest BCUT2D eigenvalue weighted by molar-refractivity contribution is 6.07. The van der Waals surface area contributed by atoms with E-state index in [2.05, 4.69) is 22.2 Å². The molecule has 3 aliphatic rings. The van der Waals surface area contributed by atoms with Crippen LogP contribution in [-0.4, -0.2) is 80.9 Å². The van der Waals surface area contributed by atoms with Crippen LogP contribution >= 0.6 is 0 Å². The number of hydrogen-bond acceptors (Lipinski definition) is 7. The molecule has 0 aliphatic carbocycles. The minimum Gasteiger partial charge on any atom is -0.493 e. The zero-order chi connectivity index (χ0) is 32.1. The van der Waals surface area contributed by atoms with Crippen LogP contribution < -0.4 is 15.8 Å². The molecule has 5 heterocycles. The number of imidazole rings is 1. The largest absolute Gasteiger partial charge is 0.493 e. The molecule has 3 amide bonds. The van der Waals surface area contributed by atoms with Gasteiger partial charge in [-0.3, -0.25) is 9.20 Å². The number of benzene rings is 1. The Labute approximate surface area is 258 Å². The Morgan fingerprint density at radius 1 is 1.27 bits per heavy atom. The fraction of sp³-hybridized carbons (Fsp3) is 0.452. The smallest absolute Gasteiger partial charge is 0.395 e. The summed E-state index contributed by atoms with van der Waals surface area (Å²) in [6.07, 6.45) is 3.12. The van der Waals surface area contributed by atoms with E-state index in [1.165, 1.54) is 6.07 Å². The van der Waals surface area contributed by atoms with E-state index in [0.717, 1.165) is 43.9 Å². The van der Waals surface area contributed by atoms with Crippen LogP contribution in [0.25, 0.3) is 16.8 Å². The van der Waals surface area contributed by atoms with Gasteiger partial charge in [0.25, 0.3) is 5.91 Å². The Balaban J connectivity index is 1.35. The Bertz CT molecular complexity index is 1720. The molecule has 2 aromatic heterocycles. The highest BCUT2D eigenvalue weighted by atomic mass is 19.4. The minimum absolute atomic E-state index is 0.0103. The lowest BCUT2D eigenvalue weighted by Gasteiger charge is -2.48. The average Bonchev–Trinajstić information content (AvgIpc) is 3.41. The fourth-order valence-electron chi connectivity index (χ4n) is 6.48. The number of ether oxygens (including phenoxy) is 1. The van der Waals surface area contributed by atoms with Gasteiger partial charge in [0, 0.05) is 67.7 Å². The van der Waals surface area contributed by atoms with Gasteiger partial charge < -0.3 is 25.6 Å². The number of aromatic nitrogens is 3. The number of piperidine rings is 1. The number of nitrogens with two attached hydrogens (primary N) is 1. The molecule has 1 aromatic carbocycles. The Morgan fingerprint density at radius 2 is 2.07 bits per heavy atom. The van der Waals surface area contributed by atoms with Crippen LogP contribution in [-0.2, 0) is 5.41 Å². The molecule has 0 radical (unpaired) electrons. The average molecular weight is 625 g/mol. The van der Waals surface area contributed by atoms with Gasteiger partial charge in [0.05, 0.1) is 12.5 Å². The van der Waals surface area contributed by atoms with Gasteiger partial charge in [-0.1, -0.05) is 13.0 Å². The molecule has 3 unspecified atom stereocenters. The predicted octanol–water partition coefficient (Wildman–Crippen LogP) is 4.78. The van der Waals surface area contributed by atoms with Crippen molar-refractivity contribution in [2.45, 2.75) is 57.2 Å². The van der Waals surface area contributed by atoms with Gasteiger partial charge >= 0.3 is 12.2 Å². The van der Waals surface area contributed by atoms with Crippen molar-refractivity contribution in [3.63, 3.8) is 0 Å². The molecule has 2 fully saturated rings. The van der Waals surface area contributed by atoms with Crippen molar-refractivity contribution >= 4 is 29.1 Å². The molecule has 3 aliphatic heterocycles. The van der Waals surface area contributed by atoms with Gasteiger partial charge in [-0.2, -0.15) is 13.2 Å². The molecule has 0 saturated carbocycles. The van der Waals surface area contributed by atoms with Gasteiger partial charge in [0.15, 0.2) is 0 Å².